The first-order chi connectivity index (χ1) is 13.0. The van der Waals surface area contributed by atoms with Gasteiger partial charge in [-0.15, -0.1) is 0 Å². The van der Waals surface area contributed by atoms with Crippen LogP contribution in [0.5, 0.6) is 0 Å². The normalized spacial score (nSPS) is 29.2. The highest BCUT2D eigenvalue weighted by molar-refractivity contribution is 5.96. The summed E-state index contributed by atoms with van der Waals surface area (Å²) in [5.41, 5.74) is 1.61. The Morgan fingerprint density at radius 2 is 1.93 bits per heavy atom. The van der Waals surface area contributed by atoms with Gasteiger partial charge in [0.05, 0.1) is 11.8 Å². The molecule has 1 heterocycles. The van der Waals surface area contributed by atoms with E-state index in [0.717, 1.165) is 31.4 Å². The van der Waals surface area contributed by atoms with Crippen molar-refractivity contribution in [2.75, 3.05) is 11.9 Å². The van der Waals surface area contributed by atoms with E-state index in [4.69, 9.17) is 0 Å². The number of benzene rings is 1. The maximum absolute atomic E-state index is 12.8. The van der Waals surface area contributed by atoms with Gasteiger partial charge in [-0.05, 0) is 48.8 Å². The number of allylic oxidation sites excluding steroid dienone is 2. The summed E-state index contributed by atoms with van der Waals surface area (Å²) in [6.45, 7) is 1.31. The van der Waals surface area contributed by atoms with E-state index < -0.39 is 17.8 Å². The smallest absolute Gasteiger partial charge is 0.307 e. The molecule has 4 rings (SSSR count). The molecule has 2 N–H and O–H groups in total. The van der Waals surface area contributed by atoms with Crippen molar-refractivity contribution in [1.29, 1.82) is 0 Å². The first-order valence-electron chi connectivity index (χ1n) is 9.61. The number of rotatable bonds is 5. The summed E-state index contributed by atoms with van der Waals surface area (Å²) in [7, 11) is 0. The molecule has 0 spiro atoms. The maximum Gasteiger partial charge on any atom is 0.307 e. The second-order valence-electron chi connectivity index (χ2n) is 7.80. The molecule has 4 atom stereocenters. The molecule has 1 aromatic rings. The molecule has 1 saturated carbocycles. The highest BCUT2D eigenvalue weighted by atomic mass is 16.4. The van der Waals surface area contributed by atoms with Crippen molar-refractivity contribution in [2.24, 2.45) is 23.7 Å². The molecule has 2 aliphatic carbocycles. The molecule has 0 radical (unpaired) electrons. The Bertz CT molecular complexity index is 803. The van der Waals surface area contributed by atoms with Gasteiger partial charge in [0.2, 0.25) is 11.8 Å². The number of carbonyl (C=O) groups excluding carboxylic acids is 2. The van der Waals surface area contributed by atoms with Crippen molar-refractivity contribution in [2.45, 2.75) is 32.2 Å². The van der Waals surface area contributed by atoms with Gasteiger partial charge in [-0.3, -0.25) is 14.4 Å². The van der Waals surface area contributed by atoms with Gasteiger partial charge in [0.15, 0.2) is 0 Å². The highest BCUT2D eigenvalue weighted by Crippen LogP contribution is 2.48. The standard InChI is InChI=1S/C21H24N2O4/c24-17-6-1-2-9-23(17)12-13-4-3-5-16(10-13)22-20(25)18-14-7-8-15(11-14)19(18)21(26)27/h3-5,7-8,10,14-15,18-19H,1-2,6,9,11-12H2,(H,22,25)(H,26,27). The van der Waals surface area contributed by atoms with Crippen molar-refractivity contribution < 1.29 is 19.5 Å². The number of nitrogens with zero attached hydrogens (tertiary/aromatic N) is 1. The van der Waals surface area contributed by atoms with Crippen LogP contribution in [0.4, 0.5) is 5.69 Å². The minimum Gasteiger partial charge on any atom is -0.481 e. The van der Waals surface area contributed by atoms with E-state index in [0.29, 0.717) is 18.7 Å². The number of likely N-dealkylation sites (tertiary alicyclic amines) is 1. The van der Waals surface area contributed by atoms with Crippen LogP contribution in [-0.2, 0) is 20.9 Å². The summed E-state index contributed by atoms with van der Waals surface area (Å²) in [5, 5.41) is 12.4. The fraction of sp³-hybridized carbons (Fsp3) is 0.476. The largest absolute Gasteiger partial charge is 0.481 e. The highest BCUT2D eigenvalue weighted by Gasteiger charge is 2.51. The van der Waals surface area contributed by atoms with Gasteiger partial charge in [-0.2, -0.15) is 0 Å². The molecule has 1 aromatic carbocycles. The molecule has 0 aromatic heterocycles. The predicted octanol–water partition coefficient (Wildman–Crippen LogP) is 2.66. The van der Waals surface area contributed by atoms with Gasteiger partial charge < -0.3 is 15.3 Å². The number of nitrogens with one attached hydrogen (secondary N) is 1. The van der Waals surface area contributed by atoms with E-state index in [2.05, 4.69) is 5.32 Å². The average Bonchev–Trinajstić information content (AvgIpc) is 3.25. The third kappa shape index (κ3) is 3.48. The molecule has 142 valence electrons. The number of anilines is 1. The first-order valence-corrected chi connectivity index (χ1v) is 9.61. The molecule has 27 heavy (non-hydrogen) atoms. The number of piperidine rings is 1. The number of amides is 2. The lowest BCUT2D eigenvalue weighted by atomic mass is 9.82. The van der Waals surface area contributed by atoms with Crippen molar-refractivity contribution in [3.63, 3.8) is 0 Å². The molecule has 1 saturated heterocycles. The lowest BCUT2D eigenvalue weighted by Gasteiger charge is -2.27. The van der Waals surface area contributed by atoms with Crippen LogP contribution in [0.15, 0.2) is 36.4 Å². The molecule has 4 unspecified atom stereocenters. The van der Waals surface area contributed by atoms with Gasteiger partial charge in [0.25, 0.3) is 0 Å². The Hall–Kier alpha value is -2.63. The van der Waals surface area contributed by atoms with Crippen LogP contribution in [0.25, 0.3) is 0 Å². The van der Waals surface area contributed by atoms with Crippen LogP contribution < -0.4 is 5.32 Å². The van der Waals surface area contributed by atoms with Crippen LogP contribution >= 0.6 is 0 Å². The summed E-state index contributed by atoms with van der Waals surface area (Å²) >= 11 is 0. The number of carbonyl (C=O) groups is 3. The van der Waals surface area contributed by atoms with Crippen molar-refractivity contribution in [1.82, 2.24) is 4.90 Å². The zero-order valence-corrected chi connectivity index (χ0v) is 15.1. The number of hydrogen-bond acceptors (Lipinski definition) is 3. The van der Waals surface area contributed by atoms with Crippen LogP contribution in [0, 0.1) is 23.7 Å². The van der Waals surface area contributed by atoms with Crippen molar-refractivity contribution in [3.8, 4) is 0 Å². The van der Waals surface area contributed by atoms with E-state index in [1.54, 1.807) is 6.07 Å². The summed E-state index contributed by atoms with van der Waals surface area (Å²) in [6.07, 6.45) is 7.23. The van der Waals surface area contributed by atoms with Crippen LogP contribution in [0.1, 0.15) is 31.2 Å². The van der Waals surface area contributed by atoms with Gasteiger partial charge in [0.1, 0.15) is 0 Å². The monoisotopic (exact) mass is 368 g/mol. The van der Waals surface area contributed by atoms with Crippen LogP contribution in [0.3, 0.4) is 0 Å². The Labute approximate surface area is 158 Å². The Morgan fingerprint density at radius 3 is 2.67 bits per heavy atom. The average molecular weight is 368 g/mol. The summed E-state index contributed by atoms with van der Waals surface area (Å²) in [5.74, 6) is -2.16. The number of aliphatic carboxylic acids is 1. The minimum atomic E-state index is -0.899. The topological polar surface area (TPSA) is 86.7 Å². The van der Waals surface area contributed by atoms with E-state index in [1.165, 1.54) is 0 Å². The second kappa shape index (κ2) is 7.18. The van der Waals surface area contributed by atoms with E-state index >= 15 is 0 Å². The SMILES string of the molecule is O=C(O)C1C2C=CC(C2)C1C(=O)Nc1cccc(CN2CCCCC2=O)c1. The zero-order valence-electron chi connectivity index (χ0n) is 15.1. The van der Waals surface area contributed by atoms with Gasteiger partial charge >= 0.3 is 5.97 Å². The lowest BCUT2D eigenvalue weighted by molar-refractivity contribution is -0.146. The minimum absolute atomic E-state index is 0.00486. The third-order valence-corrected chi connectivity index (χ3v) is 6.04. The zero-order chi connectivity index (χ0) is 19.0. The predicted molar refractivity (Wildman–Crippen MR) is 99.7 cm³/mol. The Morgan fingerprint density at radius 1 is 1.15 bits per heavy atom. The fourth-order valence-electron chi connectivity index (χ4n) is 4.74. The summed E-state index contributed by atoms with van der Waals surface area (Å²) in [4.78, 5) is 38.3. The van der Waals surface area contributed by atoms with Crippen LogP contribution in [0.2, 0.25) is 0 Å². The van der Waals surface area contributed by atoms with Gasteiger partial charge in [-0.1, -0.05) is 24.3 Å². The number of carboxylic acid groups (broad SMARTS) is 1. The molecular formula is C21H24N2O4. The molecule has 6 nitrogen and oxygen atoms in total. The molecule has 6 heteroatoms. The third-order valence-electron chi connectivity index (χ3n) is 6.04. The first kappa shape index (κ1) is 17.8. The van der Waals surface area contributed by atoms with E-state index in [-0.39, 0.29) is 23.7 Å². The maximum atomic E-state index is 12.8. The van der Waals surface area contributed by atoms with E-state index in [9.17, 15) is 19.5 Å². The van der Waals surface area contributed by atoms with E-state index in [1.807, 2.05) is 35.3 Å². The molecule has 2 fully saturated rings. The Kier molecular flexibility index (Phi) is 4.72. The lowest BCUT2D eigenvalue weighted by Crippen LogP contribution is -2.36. The van der Waals surface area contributed by atoms with Gasteiger partial charge in [-0.25, -0.2) is 0 Å². The number of fused-ring (bicyclic) bond motifs is 2. The summed E-state index contributed by atoms with van der Waals surface area (Å²) < 4.78 is 0. The molecule has 2 bridgehead atoms. The van der Waals surface area contributed by atoms with Crippen LogP contribution in [-0.4, -0.2) is 34.3 Å². The Balaban J connectivity index is 1.45. The second-order valence-corrected chi connectivity index (χ2v) is 7.80. The summed E-state index contributed by atoms with van der Waals surface area (Å²) in [6, 6.07) is 7.48. The quantitative estimate of drug-likeness (QED) is 0.783. The fourth-order valence-corrected chi connectivity index (χ4v) is 4.74. The number of carboxylic acids is 1. The number of hydrogen-bond donors (Lipinski definition) is 2. The van der Waals surface area contributed by atoms with Gasteiger partial charge in [0, 0.05) is 25.2 Å². The molecule has 3 aliphatic rings. The molecular weight excluding hydrogens is 344 g/mol. The van der Waals surface area contributed by atoms with Crippen molar-refractivity contribution in [3.05, 3.63) is 42.0 Å². The van der Waals surface area contributed by atoms with Crippen molar-refractivity contribution >= 4 is 23.5 Å². The molecule has 2 amide bonds. The molecule has 1 aliphatic heterocycles.